The van der Waals surface area contributed by atoms with Crippen LogP contribution in [0.25, 0.3) is 0 Å². The monoisotopic (exact) mass is 396 g/mol. The van der Waals surface area contributed by atoms with Gasteiger partial charge in [-0.3, -0.25) is 9.59 Å². The first-order valence-electron chi connectivity index (χ1n) is 9.42. The number of hydrogen-bond donors (Lipinski definition) is 2. The van der Waals surface area contributed by atoms with Crippen molar-refractivity contribution in [1.29, 1.82) is 0 Å². The normalized spacial score (nSPS) is 16.0. The van der Waals surface area contributed by atoms with Crippen LogP contribution >= 0.6 is 11.6 Å². The summed E-state index contributed by atoms with van der Waals surface area (Å²) in [5, 5.41) is 3.13. The second-order valence-electron chi connectivity index (χ2n) is 7.48. The third kappa shape index (κ3) is 5.28. The molecular formula is C20H29ClN2O4. The van der Waals surface area contributed by atoms with E-state index in [1.165, 1.54) is 13.2 Å². The molecule has 2 amide bonds. The van der Waals surface area contributed by atoms with E-state index in [0.29, 0.717) is 47.5 Å². The van der Waals surface area contributed by atoms with Crippen LogP contribution in [0, 0.1) is 5.92 Å². The SMILES string of the molecule is COc1cc(C(=O)NC2(C(N)=O)CCCCC2)cc(Cl)c1OCCC(C)C. The molecule has 7 heteroatoms. The third-order valence-electron chi connectivity index (χ3n) is 4.96. The van der Waals surface area contributed by atoms with E-state index in [-0.39, 0.29) is 0 Å². The Morgan fingerprint density at radius 2 is 1.93 bits per heavy atom. The lowest BCUT2D eigenvalue weighted by molar-refractivity contribution is -0.125. The van der Waals surface area contributed by atoms with Crippen LogP contribution in [0.4, 0.5) is 0 Å². The molecule has 0 bridgehead atoms. The minimum Gasteiger partial charge on any atom is -0.493 e. The zero-order valence-electron chi connectivity index (χ0n) is 16.3. The molecule has 2 rings (SSSR count). The molecule has 0 aromatic heterocycles. The van der Waals surface area contributed by atoms with Crippen LogP contribution in [0.5, 0.6) is 11.5 Å². The van der Waals surface area contributed by atoms with Crippen LogP contribution in [-0.4, -0.2) is 31.1 Å². The van der Waals surface area contributed by atoms with Gasteiger partial charge in [0.25, 0.3) is 5.91 Å². The van der Waals surface area contributed by atoms with E-state index in [1.807, 2.05) is 0 Å². The van der Waals surface area contributed by atoms with Crippen molar-refractivity contribution in [3.05, 3.63) is 22.7 Å². The topological polar surface area (TPSA) is 90.6 Å². The Balaban J connectivity index is 2.21. The maximum atomic E-state index is 12.8. The molecule has 1 aliphatic rings. The van der Waals surface area contributed by atoms with Crippen molar-refractivity contribution >= 4 is 23.4 Å². The minimum absolute atomic E-state index is 0.292. The Bertz CT molecular complexity index is 685. The molecule has 0 heterocycles. The Morgan fingerprint density at radius 1 is 1.26 bits per heavy atom. The molecule has 0 spiro atoms. The van der Waals surface area contributed by atoms with Gasteiger partial charge in [0.1, 0.15) is 5.54 Å². The van der Waals surface area contributed by atoms with Gasteiger partial charge in [0, 0.05) is 5.56 Å². The second kappa shape index (κ2) is 9.31. The molecule has 6 nitrogen and oxygen atoms in total. The average molecular weight is 397 g/mol. The van der Waals surface area contributed by atoms with Crippen molar-refractivity contribution in [2.45, 2.75) is 57.9 Å². The summed E-state index contributed by atoms with van der Waals surface area (Å²) in [7, 11) is 1.49. The highest BCUT2D eigenvalue weighted by Gasteiger charge is 2.39. The predicted molar refractivity (Wildman–Crippen MR) is 105 cm³/mol. The molecular weight excluding hydrogens is 368 g/mol. The number of nitrogens with two attached hydrogens (primary N) is 1. The van der Waals surface area contributed by atoms with Gasteiger partial charge < -0.3 is 20.5 Å². The molecule has 1 aromatic rings. The fraction of sp³-hybridized carbons (Fsp3) is 0.600. The number of halogens is 1. The number of carbonyl (C=O) groups is 2. The fourth-order valence-electron chi connectivity index (χ4n) is 3.27. The van der Waals surface area contributed by atoms with Crippen molar-refractivity contribution < 1.29 is 19.1 Å². The summed E-state index contributed by atoms with van der Waals surface area (Å²) in [6.07, 6.45) is 4.73. The summed E-state index contributed by atoms with van der Waals surface area (Å²) in [6, 6.07) is 3.10. The molecule has 0 aliphatic heterocycles. The van der Waals surface area contributed by atoms with E-state index in [2.05, 4.69) is 19.2 Å². The fourth-order valence-corrected chi connectivity index (χ4v) is 3.53. The van der Waals surface area contributed by atoms with Crippen LogP contribution in [0.15, 0.2) is 12.1 Å². The summed E-state index contributed by atoms with van der Waals surface area (Å²) in [4.78, 5) is 24.8. The number of primary amides is 1. The number of methoxy groups -OCH3 is 1. The molecule has 0 radical (unpaired) electrons. The number of carbonyl (C=O) groups excluding carboxylic acids is 2. The molecule has 0 saturated heterocycles. The summed E-state index contributed by atoms with van der Waals surface area (Å²) in [5.74, 6) is 0.402. The number of ether oxygens (including phenoxy) is 2. The lowest BCUT2D eigenvalue weighted by atomic mass is 9.81. The van der Waals surface area contributed by atoms with Gasteiger partial charge in [-0.25, -0.2) is 0 Å². The molecule has 1 aromatic carbocycles. The highest BCUT2D eigenvalue weighted by Crippen LogP contribution is 2.37. The molecule has 1 fully saturated rings. The molecule has 150 valence electrons. The second-order valence-corrected chi connectivity index (χ2v) is 7.89. The first kappa shape index (κ1) is 21.4. The van der Waals surface area contributed by atoms with Crippen LogP contribution in [0.1, 0.15) is 62.7 Å². The van der Waals surface area contributed by atoms with E-state index < -0.39 is 17.4 Å². The van der Waals surface area contributed by atoms with Crippen LogP contribution in [0.2, 0.25) is 5.02 Å². The maximum absolute atomic E-state index is 12.8. The van der Waals surface area contributed by atoms with Crippen LogP contribution < -0.4 is 20.5 Å². The standard InChI is InChI=1S/C20H29ClN2O4/c1-13(2)7-10-27-17-15(21)11-14(12-16(17)26-3)18(24)23-20(19(22)25)8-5-4-6-9-20/h11-13H,4-10H2,1-3H3,(H2,22,25)(H,23,24). The van der Waals surface area contributed by atoms with Gasteiger partial charge in [0.05, 0.1) is 18.7 Å². The van der Waals surface area contributed by atoms with E-state index in [9.17, 15) is 9.59 Å². The van der Waals surface area contributed by atoms with E-state index in [4.69, 9.17) is 26.8 Å². The van der Waals surface area contributed by atoms with Crippen LogP contribution in [-0.2, 0) is 4.79 Å². The highest BCUT2D eigenvalue weighted by molar-refractivity contribution is 6.32. The van der Waals surface area contributed by atoms with Gasteiger partial charge in [0.15, 0.2) is 11.5 Å². The number of rotatable bonds is 8. The summed E-state index contributed by atoms with van der Waals surface area (Å²) in [6.45, 7) is 4.72. The first-order chi connectivity index (χ1) is 12.8. The first-order valence-corrected chi connectivity index (χ1v) is 9.79. The van der Waals surface area contributed by atoms with Crippen molar-refractivity contribution in [1.82, 2.24) is 5.32 Å². The van der Waals surface area contributed by atoms with E-state index in [0.717, 1.165) is 25.7 Å². The maximum Gasteiger partial charge on any atom is 0.252 e. The summed E-state index contributed by atoms with van der Waals surface area (Å²) < 4.78 is 11.1. The molecule has 0 atom stereocenters. The molecule has 1 aliphatic carbocycles. The average Bonchev–Trinajstić information content (AvgIpc) is 2.63. The lowest BCUT2D eigenvalue weighted by Gasteiger charge is -2.35. The van der Waals surface area contributed by atoms with Gasteiger partial charge in [-0.05, 0) is 37.3 Å². The predicted octanol–water partition coefficient (Wildman–Crippen LogP) is 3.69. The number of hydrogen-bond acceptors (Lipinski definition) is 4. The largest absolute Gasteiger partial charge is 0.493 e. The van der Waals surface area contributed by atoms with E-state index in [1.54, 1.807) is 6.07 Å². The smallest absolute Gasteiger partial charge is 0.252 e. The van der Waals surface area contributed by atoms with Gasteiger partial charge in [0.2, 0.25) is 5.91 Å². The van der Waals surface area contributed by atoms with Gasteiger partial charge in [-0.2, -0.15) is 0 Å². The lowest BCUT2D eigenvalue weighted by Crippen LogP contribution is -2.58. The Labute approximate surface area is 165 Å². The van der Waals surface area contributed by atoms with Gasteiger partial charge in [-0.1, -0.05) is 44.7 Å². The van der Waals surface area contributed by atoms with Crippen molar-refractivity contribution in [3.63, 3.8) is 0 Å². The van der Waals surface area contributed by atoms with Crippen molar-refractivity contribution in [2.24, 2.45) is 11.7 Å². The number of amides is 2. The number of benzene rings is 1. The number of nitrogens with one attached hydrogen (secondary N) is 1. The van der Waals surface area contributed by atoms with Gasteiger partial charge in [-0.15, -0.1) is 0 Å². The summed E-state index contributed by atoms with van der Waals surface area (Å²) in [5.41, 5.74) is 4.90. The Hall–Kier alpha value is -1.95. The third-order valence-corrected chi connectivity index (χ3v) is 5.25. The molecule has 27 heavy (non-hydrogen) atoms. The van der Waals surface area contributed by atoms with Gasteiger partial charge >= 0.3 is 0 Å². The molecule has 1 saturated carbocycles. The van der Waals surface area contributed by atoms with E-state index >= 15 is 0 Å². The zero-order valence-corrected chi connectivity index (χ0v) is 17.0. The quantitative estimate of drug-likeness (QED) is 0.701. The molecule has 0 unspecified atom stereocenters. The summed E-state index contributed by atoms with van der Waals surface area (Å²) >= 11 is 6.34. The Morgan fingerprint density at radius 3 is 2.48 bits per heavy atom. The zero-order chi connectivity index (χ0) is 20.0. The van der Waals surface area contributed by atoms with Crippen molar-refractivity contribution in [2.75, 3.05) is 13.7 Å². The Kier molecular flexibility index (Phi) is 7.36. The van der Waals surface area contributed by atoms with Crippen LogP contribution in [0.3, 0.4) is 0 Å². The minimum atomic E-state index is -0.999. The van der Waals surface area contributed by atoms with Crippen molar-refractivity contribution in [3.8, 4) is 11.5 Å². The molecule has 3 N–H and O–H groups in total. The highest BCUT2D eigenvalue weighted by atomic mass is 35.5.